The van der Waals surface area contributed by atoms with Gasteiger partial charge in [0.25, 0.3) is 0 Å². The Balaban J connectivity index is 2.08. The van der Waals surface area contributed by atoms with Crippen LogP contribution >= 0.6 is 11.3 Å². The van der Waals surface area contributed by atoms with Gasteiger partial charge in [0.1, 0.15) is 0 Å². The fraction of sp³-hybridized carbons (Fsp3) is 0.462. The summed E-state index contributed by atoms with van der Waals surface area (Å²) in [6.07, 6.45) is 0.776. The number of hydrogen-bond acceptors (Lipinski definition) is 5. The maximum absolute atomic E-state index is 8.99. The molecule has 1 heterocycles. The molecule has 0 saturated heterocycles. The molecule has 18 heavy (non-hydrogen) atoms. The van der Waals surface area contributed by atoms with Crippen LogP contribution in [0.1, 0.15) is 20.3 Å². The third kappa shape index (κ3) is 3.11. The maximum Gasteiger partial charge on any atom is 0.183 e. The molecule has 0 aliphatic carbocycles. The molecule has 0 spiro atoms. The monoisotopic (exact) mass is 265 g/mol. The minimum Gasteiger partial charge on any atom is -0.399 e. The molecule has 1 aromatic carbocycles. The number of aliphatic hydroxyl groups is 1. The van der Waals surface area contributed by atoms with Crippen molar-refractivity contribution >= 4 is 32.4 Å². The lowest BCUT2D eigenvalue weighted by atomic mass is 9.90. The molecule has 98 valence electrons. The predicted octanol–water partition coefficient (Wildman–Crippen LogP) is 2.70. The minimum absolute atomic E-state index is 0.0611. The summed E-state index contributed by atoms with van der Waals surface area (Å²) < 4.78 is 1.09. The number of rotatable bonds is 5. The lowest BCUT2D eigenvalue weighted by Crippen LogP contribution is -2.24. The Bertz CT molecular complexity index is 536. The summed E-state index contributed by atoms with van der Waals surface area (Å²) in [6, 6.07) is 5.74. The normalized spacial score (nSPS) is 11.9. The van der Waals surface area contributed by atoms with E-state index in [1.165, 1.54) is 0 Å². The first-order chi connectivity index (χ1) is 8.50. The van der Waals surface area contributed by atoms with Crippen molar-refractivity contribution in [3.8, 4) is 0 Å². The van der Waals surface area contributed by atoms with Gasteiger partial charge in [-0.3, -0.25) is 0 Å². The van der Waals surface area contributed by atoms with Gasteiger partial charge in [-0.05, 0) is 30.0 Å². The number of aliphatic hydroxyl groups excluding tert-OH is 1. The number of hydrogen-bond donors (Lipinski definition) is 3. The van der Waals surface area contributed by atoms with Gasteiger partial charge in [-0.2, -0.15) is 0 Å². The van der Waals surface area contributed by atoms with Gasteiger partial charge in [0.05, 0.1) is 10.2 Å². The quantitative estimate of drug-likeness (QED) is 0.727. The summed E-state index contributed by atoms with van der Waals surface area (Å²) >= 11 is 1.61. The van der Waals surface area contributed by atoms with Crippen molar-refractivity contribution in [3.05, 3.63) is 18.2 Å². The predicted molar refractivity (Wildman–Crippen MR) is 78.0 cm³/mol. The van der Waals surface area contributed by atoms with Crippen LogP contribution in [0.4, 0.5) is 10.8 Å². The summed E-state index contributed by atoms with van der Waals surface area (Å²) in [5.74, 6) is 0. The molecular formula is C13H19N3OS. The van der Waals surface area contributed by atoms with Crippen LogP contribution in [0.3, 0.4) is 0 Å². The molecule has 0 atom stereocenters. The first kappa shape index (κ1) is 13.1. The first-order valence-electron chi connectivity index (χ1n) is 6.01. The Hall–Kier alpha value is -1.33. The van der Waals surface area contributed by atoms with Crippen LogP contribution in [0, 0.1) is 5.41 Å². The molecular weight excluding hydrogens is 246 g/mol. The van der Waals surface area contributed by atoms with Gasteiger partial charge in [-0.25, -0.2) is 4.98 Å². The Morgan fingerprint density at radius 2 is 2.22 bits per heavy atom. The average molecular weight is 265 g/mol. The van der Waals surface area contributed by atoms with Crippen molar-refractivity contribution in [2.75, 3.05) is 24.2 Å². The molecule has 0 aliphatic rings. The number of nitrogens with one attached hydrogen (secondary N) is 1. The van der Waals surface area contributed by atoms with Crippen molar-refractivity contribution < 1.29 is 5.11 Å². The third-order valence-electron chi connectivity index (χ3n) is 2.92. The molecule has 0 fully saturated rings. The highest BCUT2D eigenvalue weighted by Crippen LogP contribution is 2.29. The zero-order chi connectivity index (χ0) is 13.2. The van der Waals surface area contributed by atoms with Gasteiger partial charge >= 0.3 is 0 Å². The van der Waals surface area contributed by atoms with Gasteiger partial charge in [0, 0.05) is 18.8 Å². The number of benzene rings is 1. The second kappa shape index (κ2) is 5.12. The molecule has 0 radical (unpaired) electrons. The molecule has 0 aliphatic heterocycles. The minimum atomic E-state index is 0.0611. The number of thiazole rings is 1. The molecule has 0 saturated carbocycles. The van der Waals surface area contributed by atoms with E-state index in [0.717, 1.165) is 34.0 Å². The topological polar surface area (TPSA) is 71.2 Å². The zero-order valence-electron chi connectivity index (χ0n) is 10.7. The average Bonchev–Trinajstić information content (AvgIpc) is 2.68. The van der Waals surface area contributed by atoms with E-state index in [1.54, 1.807) is 11.3 Å². The first-order valence-corrected chi connectivity index (χ1v) is 6.83. The van der Waals surface area contributed by atoms with Crippen molar-refractivity contribution in [2.45, 2.75) is 20.3 Å². The SMILES string of the molecule is CC(C)(CCO)CNc1nc2ccc(N)cc2s1. The van der Waals surface area contributed by atoms with E-state index in [9.17, 15) is 0 Å². The van der Waals surface area contributed by atoms with Crippen LogP contribution in [0.15, 0.2) is 18.2 Å². The number of nitrogen functional groups attached to an aromatic ring is 1. The van der Waals surface area contributed by atoms with Crippen LogP contribution in [0.5, 0.6) is 0 Å². The molecule has 2 rings (SSSR count). The van der Waals surface area contributed by atoms with Gasteiger partial charge in [-0.1, -0.05) is 25.2 Å². The van der Waals surface area contributed by atoms with E-state index in [2.05, 4.69) is 24.1 Å². The molecule has 4 nitrogen and oxygen atoms in total. The Labute approximate surface area is 111 Å². The lowest BCUT2D eigenvalue weighted by molar-refractivity contribution is 0.220. The number of nitrogens with zero attached hydrogens (tertiary/aromatic N) is 1. The lowest BCUT2D eigenvalue weighted by Gasteiger charge is -2.23. The van der Waals surface area contributed by atoms with Gasteiger partial charge in [0.15, 0.2) is 5.13 Å². The van der Waals surface area contributed by atoms with Crippen molar-refractivity contribution in [1.29, 1.82) is 0 Å². The van der Waals surface area contributed by atoms with Gasteiger partial charge in [0.2, 0.25) is 0 Å². The van der Waals surface area contributed by atoms with E-state index >= 15 is 0 Å². The standard InChI is InChI=1S/C13H19N3OS/c1-13(2,5-6-17)8-15-12-16-10-4-3-9(14)7-11(10)18-12/h3-4,7,17H,5-6,8,14H2,1-2H3,(H,15,16). The summed E-state index contributed by atoms with van der Waals surface area (Å²) in [7, 11) is 0. The Kier molecular flexibility index (Phi) is 3.73. The number of fused-ring (bicyclic) bond motifs is 1. The van der Waals surface area contributed by atoms with Crippen molar-refractivity contribution in [2.24, 2.45) is 5.41 Å². The molecule has 0 bridgehead atoms. The van der Waals surface area contributed by atoms with E-state index in [0.29, 0.717) is 0 Å². The highest BCUT2D eigenvalue weighted by molar-refractivity contribution is 7.22. The molecule has 2 aromatic rings. The highest BCUT2D eigenvalue weighted by atomic mass is 32.1. The fourth-order valence-corrected chi connectivity index (χ4v) is 2.63. The summed E-state index contributed by atoms with van der Waals surface area (Å²) in [5.41, 5.74) is 7.54. The van der Waals surface area contributed by atoms with E-state index in [-0.39, 0.29) is 12.0 Å². The Morgan fingerprint density at radius 1 is 1.44 bits per heavy atom. The van der Waals surface area contributed by atoms with Crippen molar-refractivity contribution in [1.82, 2.24) is 4.98 Å². The molecule has 4 N–H and O–H groups in total. The van der Waals surface area contributed by atoms with E-state index in [4.69, 9.17) is 10.8 Å². The summed E-state index contributed by atoms with van der Waals surface area (Å²) in [5, 5.41) is 13.2. The number of anilines is 2. The van der Waals surface area contributed by atoms with E-state index in [1.807, 2.05) is 18.2 Å². The summed E-state index contributed by atoms with van der Waals surface area (Å²) in [6.45, 7) is 5.26. The fourth-order valence-electron chi connectivity index (χ4n) is 1.72. The molecule has 1 aromatic heterocycles. The van der Waals surface area contributed by atoms with Crippen LogP contribution in [-0.2, 0) is 0 Å². The summed E-state index contributed by atoms with van der Waals surface area (Å²) in [4.78, 5) is 4.51. The second-order valence-electron chi connectivity index (χ2n) is 5.24. The van der Waals surface area contributed by atoms with Crippen LogP contribution < -0.4 is 11.1 Å². The van der Waals surface area contributed by atoms with Gasteiger partial charge < -0.3 is 16.2 Å². The molecule has 5 heteroatoms. The third-order valence-corrected chi connectivity index (χ3v) is 3.90. The molecule has 0 unspecified atom stereocenters. The zero-order valence-corrected chi connectivity index (χ0v) is 11.5. The second-order valence-corrected chi connectivity index (χ2v) is 6.27. The van der Waals surface area contributed by atoms with Crippen LogP contribution in [-0.4, -0.2) is 23.2 Å². The largest absolute Gasteiger partial charge is 0.399 e. The van der Waals surface area contributed by atoms with Crippen LogP contribution in [0.2, 0.25) is 0 Å². The van der Waals surface area contributed by atoms with E-state index < -0.39 is 0 Å². The van der Waals surface area contributed by atoms with Crippen LogP contribution in [0.25, 0.3) is 10.2 Å². The number of nitrogens with two attached hydrogens (primary N) is 1. The molecule has 0 amide bonds. The number of aromatic nitrogens is 1. The smallest absolute Gasteiger partial charge is 0.183 e. The van der Waals surface area contributed by atoms with Crippen molar-refractivity contribution in [3.63, 3.8) is 0 Å². The van der Waals surface area contributed by atoms with Gasteiger partial charge in [-0.15, -0.1) is 0 Å². The highest BCUT2D eigenvalue weighted by Gasteiger charge is 2.17. The Morgan fingerprint density at radius 3 is 2.94 bits per heavy atom. The maximum atomic E-state index is 8.99.